The first-order valence-electron chi connectivity index (χ1n) is 25.0. The molecule has 0 amide bonds. The van der Waals surface area contributed by atoms with Crippen LogP contribution in [0.25, 0.3) is 21.5 Å². The van der Waals surface area contributed by atoms with Crippen molar-refractivity contribution in [1.29, 1.82) is 0 Å². The second kappa shape index (κ2) is 19.5. The molecule has 2 atom stereocenters. The topological polar surface area (TPSA) is 87.6 Å². The second-order valence-electron chi connectivity index (χ2n) is 18.9. The van der Waals surface area contributed by atoms with Crippen molar-refractivity contribution < 1.29 is 23.8 Å². The van der Waals surface area contributed by atoms with E-state index < -0.39 is 10.8 Å². The van der Waals surface area contributed by atoms with E-state index in [9.17, 15) is 9.59 Å². The fraction of sp³-hybridized carbons (Fsp3) is 0.118. The maximum absolute atomic E-state index is 14.2. The van der Waals surface area contributed by atoms with Crippen molar-refractivity contribution in [3.8, 4) is 46.7 Å². The molecular formula is C68H48N2O5. The summed E-state index contributed by atoms with van der Waals surface area (Å²) in [6.45, 7) is 4.23. The van der Waals surface area contributed by atoms with Crippen LogP contribution < -0.4 is 14.2 Å². The number of ketones is 2. The minimum absolute atomic E-state index is 0.0213. The zero-order chi connectivity index (χ0) is 50.9. The Hall–Kier alpha value is -9.56. The van der Waals surface area contributed by atoms with Crippen molar-refractivity contribution in [3.63, 3.8) is 0 Å². The molecule has 75 heavy (non-hydrogen) atoms. The molecule has 0 saturated heterocycles. The van der Waals surface area contributed by atoms with Crippen LogP contribution in [0.2, 0.25) is 0 Å². The summed E-state index contributed by atoms with van der Waals surface area (Å²) >= 11 is 0. The number of benzene rings is 8. The van der Waals surface area contributed by atoms with Crippen molar-refractivity contribution in [2.75, 3.05) is 13.2 Å². The quantitative estimate of drug-likeness (QED) is 0.126. The highest BCUT2D eigenvalue weighted by Gasteiger charge is 2.46. The monoisotopic (exact) mass is 972 g/mol. The Kier molecular flexibility index (Phi) is 12.1. The number of Topliss-reactive ketones (excluding diaryl/α,β-unsaturated/α-hetero) is 2. The molecule has 0 spiro atoms. The lowest BCUT2D eigenvalue weighted by Crippen LogP contribution is -2.32. The first kappa shape index (κ1) is 46.5. The average molecular weight is 973 g/mol. The third-order valence-corrected chi connectivity index (χ3v) is 14.9. The molecule has 0 bridgehead atoms. The molecule has 7 nitrogen and oxygen atoms in total. The highest BCUT2D eigenvalue weighted by Crippen LogP contribution is 2.52. The molecule has 7 heteroatoms. The van der Waals surface area contributed by atoms with E-state index in [-0.39, 0.29) is 24.4 Å². The molecule has 0 fully saturated rings. The van der Waals surface area contributed by atoms with Gasteiger partial charge in [-0.25, -0.2) is 0 Å². The predicted molar refractivity (Wildman–Crippen MR) is 294 cm³/mol. The maximum Gasteiger partial charge on any atom is 0.169 e. The van der Waals surface area contributed by atoms with Gasteiger partial charge in [0.15, 0.2) is 11.6 Å². The Bertz CT molecular complexity index is 3760. The van der Waals surface area contributed by atoms with Gasteiger partial charge < -0.3 is 14.2 Å². The number of ether oxygens (including phenoxy) is 3. The van der Waals surface area contributed by atoms with Crippen LogP contribution in [0.1, 0.15) is 90.2 Å². The van der Waals surface area contributed by atoms with Crippen LogP contribution in [0.4, 0.5) is 0 Å². The molecule has 2 heterocycles. The summed E-state index contributed by atoms with van der Waals surface area (Å²) in [6.07, 6.45) is 7.49. The van der Waals surface area contributed by atoms with Gasteiger partial charge in [-0.3, -0.25) is 19.6 Å². The molecule has 2 aromatic heterocycles. The summed E-state index contributed by atoms with van der Waals surface area (Å²) in [4.78, 5) is 37.4. The summed E-state index contributed by atoms with van der Waals surface area (Å²) in [5.74, 6) is 14.6. The second-order valence-corrected chi connectivity index (χ2v) is 18.9. The molecule has 8 aromatic carbocycles. The van der Waals surface area contributed by atoms with Gasteiger partial charge in [0.1, 0.15) is 36.2 Å². The van der Waals surface area contributed by atoms with E-state index >= 15 is 0 Å². The van der Waals surface area contributed by atoms with Crippen LogP contribution in [0.3, 0.4) is 0 Å². The zero-order valence-corrected chi connectivity index (χ0v) is 41.4. The van der Waals surface area contributed by atoms with Crippen molar-refractivity contribution in [1.82, 2.24) is 9.97 Å². The maximum atomic E-state index is 14.2. The van der Waals surface area contributed by atoms with E-state index in [1.807, 2.05) is 72.8 Å². The average Bonchev–Trinajstić information content (AvgIpc) is 3.78. The van der Waals surface area contributed by atoms with Crippen LogP contribution in [-0.2, 0) is 23.7 Å². The Morgan fingerprint density at radius 2 is 0.813 bits per heavy atom. The SMILES string of the molecule is CC#CCOc1ccc2cc(C3(c4ccc(Oc5ccc(C6(c7ccc8cc(OCC#CC)ccc8c7)c7ccccc7CC(=O)c7cnccc76)cc5)cc4)c4ccccc4CC(=O)c4cnccc43)ccc2c1. The minimum atomic E-state index is -0.902. The molecule has 0 aliphatic heterocycles. The van der Waals surface area contributed by atoms with E-state index in [1.165, 1.54) is 0 Å². The number of hydrogen-bond donors (Lipinski definition) is 0. The van der Waals surface area contributed by atoms with Gasteiger partial charge >= 0.3 is 0 Å². The number of carbonyl (C=O) groups excluding carboxylic acids is 2. The molecule has 2 aliphatic carbocycles. The number of fused-ring (bicyclic) bond motifs is 6. The number of aromatic nitrogens is 2. The standard InChI is InChI=1S/C68H48N2O5/c1-3-5-35-73-57-25-17-45-37-53(19-15-47(45)39-57)67(61-13-9-7-11-49(61)41-65(71)59-43-69-33-31-63(59)67)51-21-27-55(28-22-51)75-56-29-23-52(24-30-56)68(54-20-16-48-40-58(74-36-6-4-2)26-18-46(48)38-54)62-14-10-8-12-50(62)42-66(72)60-44-70-34-32-64(60)68/h7-34,37-40,43-44H,35-36,41-42H2,1-2H3. The fourth-order valence-corrected chi connectivity index (χ4v) is 11.5. The molecule has 360 valence electrons. The van der Waals surface area contributed by atoms with Gasteiger partial charge in [0.2, 0.25) is 0 Å². The number of hydrogen-bond acceptors (Lipinski definition) is 7. The van der Waals surface area contributed by atoms with Crippen LogP contribution >= 0.6 is 0 Å². The van der Waals surface area contributed by atoms with Gasteiger partial charge in [0.05, 0.1) is 10.8 Å². The normalized spacial score (nSPS) is 16.3. The third-order valence-electron chi connectivity index (χ3n) is 14.9. The number of nitrogens with zero attached hydrogens (tertiary/aromatic N) is 2. The number of rotatable bonds is 10. The van der Waals surface area contributed by atoms with Gasteiger partial charge in [-0.15, -0.1) is 11.8 Å². The number of carbonyl (C=O) groups is 2. The molecule has 10 aromatic rings. The Morgan fingerprint density at radius 3 is 1.25 bits per heavy atom. The first-order valence-corrected chi connectivity index (χ1v) is 25.0. The summed E-state index contributed by atoms with van der Waals surface area (Å²) in [6, 6.07) is 62.2. The van der Waals surface area contributed by atoms with E-state index in [2.05, 4.69) is 143 Å². The highest BCUT2D eigenvalue weighted by molar-refractivity contribution is 6.02. The minimum Gasteiger partial charge on any atom is -0.481 e. The third kappa shape index (κ3) is 8.07. The largest absolute Gasteiger partial charge is 0.481 e. The summed E-state index contributed by atoms with van der Waals surface area (Å²) < 4.78 is 18.6. The molecular weight excluding hydrogens is 925 g/mol. The predicted octanol–water partition coefficient (Wildman–Crippen LogP) is 13.6. The van der Waals surface area contributed by atoms with E-state index in [0.29, 0.717) is 35.8 Å². The number of pyridine rings is 2. The van der Waals surface area contributed by atoms with Crippen LogP contribution in [0.15, 0.2) is 207 Å². The van der Waals surface area contributed by atoms with Crippen molar-refractivity contribution in [2.45, 2.75) is 37.5 Å². The smallest absolute Gasteiger partial charge is 0.169 e. The molecule has 0 saturated carbocycles. The Balaban J connectivity index is 0.957. The summed E-state index contributed by atoms with van der Waals surface area (Å²) in [5.41, 5.74) is 9.04. The molecule has 0 N–H and O–H groups in total. The van der Waals surface area contributed by atoms with Crippen LogP contribution in [0.5, 0.6) is 23.0 Å². The fourth-order valence-electron chi connectivity index (χ4n) is 11.5. The van der Waals surface area contributed by atoms with Crippen LogP contribution in [-0.4, -0.2) is 34.7 Å². The molecule has 2 unspecified atom stereocenters. The Labute approximate surface area is 435 Å². The lowest BCUT2D eigenvalue weighted by molar-refractivity contribution is 0.0984. The molecule has 0 radical (unpaired) electrons. The van der Waals surface area contributed by atoms with Crippen molar-refractivity contribution in [2.24, 2.45) is 0 Å². The van der Waals surface area contributed by atoms with Gasteiger partial charge in [-0.1, -0.05) is 121 Å². The van der Waals surface area contributed by atoms with E-state index in [4.69, 9.17) is 14.2 Å². The van der Waals surface area contributed by atoms with Crippen molar-refractivity contribution in [3.05, 3.63) is 274 Å². The summed E-state index contributed by atoms with van der Waals surface area (Å²) in [7, 11) is 0. The van der Waals surface area contributed by atoms with Gasteiger partial charge in [-0.05, 0) is 164 Å². The lowest BCUT2D eigenvalue weighted by Gasteiger charge is -2.38. The first-order chi connectivity index (χ1) is 36.9. The Morgan fingerprint density at radius 1 is 0.427 bits per heavy atom. The van der Waals surface area contributed by atoms with Gasteiger partial charge in [-0.2, -0.15) is 0 Å². The van der Waals surface area contributed by atoms with Crippen molar-refractivity contribution >= 4 is 33.1 Å². The van der Waals surface area contributed by atoms with E-state index in [1.54, 1.807) is 38.6 Å². The summed E-state index contributed by atoms with van der Waals surface area (Å²) in [5, 5.41) is 4.12. The molecule has 12 rings (SSSR count). The van der Waals surface area contributed by atoms with Gasteiger partial charge in [0, 0.05) is 48.8 Å². The zero-order valence-electron chi connectivity index (χ0n) is 41.4. The van der Waals surface area contributed by atoms with Crippen LogP contribution in [0, 0.1) is 23.7 Å². The van der Waals surface area contributed by atoms with Gasteiger partial charge in [0.25, 0.3) is 0 Å². The highest BCUT2D eigenvalue weighted by atomic mass is 16.5. The van der Waals surface area contributed by atoms with E-state index in [0.717, 1.165) is 88.7 Å². The molecule has 2 aliphatic rings. The lowest BCUT2D eigenvalue weighted by atomic mass is 9.63.